The lowest BCUT2D eigenvalue weighted by atomic mass is 10.0. The first-order chi connectivity index (χ1) is 10.5. The zero-order valence-corrected chi connectivity index (χ0v) is 15.5. The molecule has 5 nitrogen and oxygen atoms in total. The van der Waals surface area contributed by atoms with Crippen molar-refractivity contribution in [3.05, 3.63) is 24.3 Å². The zero-order chi connectivity index (χ0) is 17.7. The second kappa shape index (κ2) is 7.93. The lowest BCUT2D eigenvalue weighted by Crippen LogP contribution is -2.40. The quantitative estimate of drug-likeness (QED) is 0.797. The van der Waals surface area contributed by atoms with E-state index in [-0.39, 0.29) is 10.8 Å². The molecule has 2 N–H and O–H groups in total. The van der Waals surface area contributed by atoms with Gasteiger partial charge < -0.3 is 5.32 Å². The summed E-state index contributed by atoms with van der Waals surface area (Å²) in [5.74, 6) is 0.221. The highest BCUT2D eigenvalue weighted by Crippen LogP contribution is 2.18. The van der Waals surface area contributed by atoms with Crippen LogP contribution in [0.2, 0.25) is 0 Å². The van der Waals surface area contributed by atoms with E-state index in [1.165, 1.54) is 12.1 Å². The molecule has 1 unspecified atom stereocenters. The second-order valence-corrected chi connectivity index (χ2v) is 8.71. The number of anilines is 1. The molecule has 130 valence electrons. The van der Waals surface area contributed by atoms with Crippen LogP contribution in [-0.2, 0) is 14.8 Å². The predicted molar refractivity (Wildman–Crippen MR) is 93.8 cm³/mol. The minimum Gasteiger partial charge on any atom is -0.326 e. The normalized spacial score (nSPS) is 13.6. The highest BCUT2D eigenvalue weighted by Gasteiger charge is 2.22. The molecule has 0 aliphatic rings. The molecule has 0 heterocycles. The van der Waals surface area contributed by atoms with Gasteiger partial charge in [-0.3, -0.25) is 4.79 Å². The first-order valence-electron chi connectivity index (χ1n) is 7.97. The Hall–Kier alpha value is -1.40. The Morgan fingerprint density at radius 3 is 2.48 bits per heavy atom. The molecule has 0 aliphatic heterocycles. The second-order valence-electron chi connectivity index (χ2n) is 7.03. The van der Waals surface area contributed by atoms with E-state index in [2.05, 4.69) is 17.0 Å². The summed E-state index contributed by atoms with van der Waals surface area (Å²) in [4.78, 5) is 12.2. The number of carbonyl (C=O) groups is 1. The number of rotatable bonds is 7. The van der Waals surface area contributed by atoms with E-state index in [1.54, 1.807) is 32.9 Å². The van der Waals surface area contributed by atoms with Crippen LogP contribution < -0.4 is 10.0 Å². The van der Waals surface area contributed by atoms with Crippen LogP contribution in [-0.4, -0.2) is 19.9 Å². The van der Waals surface area contributed by atoms with Gasteiger partial charge in [0, 0.05) is 17.6 Å². The van der Waals surface area contributed by atoms with Gasteiger partial charge in [-0.05, 0) is 44.9 Å². The molecule has 1 aromatic carbocycles. The molecule has 23 heavy (non-hydrogen) atoms. The first kappa shape index (κ1) is 19.6. The van der Waals surface area contributed by atoms with Crippen molar-refractivity contribution in [2.24, 2.45) is 5.92 Å². The number of benzene rings is 1. The summed E-state index contributed by atoms with van der Waals surface area (Å²) in [6.07, 6.45) is 2.48. The highest BCUT2D eigenvalue weighted by molar-refractivity contribution is 7.89. The van der Waals surface area contributed by atoms with E-state index in [1.807, 2.05) is 6.92 Å². The summed E-state index contributed by atoms with van der Waals surface area (Å²) < 4.78 is 27.3. The average Bonchev–Trinajstić information content (AvgIpc) is 2.36. The van der Waals surface area contributed by atoms with Gasteiger partial charge in [-0.15, -0.1) is 0 Å². The molecule has 0 fully saturated rings. The van der Waals surface area contributed by atoms with Crippen LogP contribution >= 0.6 is 0 Å². The maximum Gasteiger partial charge on any atom is 0.241 e. The number of carbonyl (C=O) groups excluding carboxylic acids is 1. The average molecular weight is 340 g/mol. The maximum absolute atomic E-state index is 12.3. The number of sulfonamides is 1. The van der Waals surface area contributed by atoms with Crippen LogP contribution in [0.5, 0.6) is 0 Å². The fraction of sp³-hybridized carbons (Fsp3) is 0.588. The maximum atomic E-state index is 12.3. The van der Waals surface area contributed by atoms with Gasteiger partial charge in [-0.2, -0.15) is 0 Å². The van der Waals surface area contributed by atoms with Crippen molar-refractivity contribution in [2.75, 3.05) is 5.32 Å². The summed E-state index contributed by atoms with van der Waals surface area (Å²) in [5.41, 5.74) is -0.0660. The van der Waals surface area contributed by atoms with Crippen LogP contribution in [0.25, 0.3) is 0 Å². The van der Waals surface area contributed by atoms with E-state index in [4.69, 9.17) is 0 Å². The lowest BCUT2D eigenvalue weighted by Gasteiger charge is -2.20. The highest BCUT2D eigenvalue weighted by atomic mass is 32.2. The topological polar surface area (TPSA) is 75.3 Å². The molecule has 1 atom stereocenters. The Kier molecular flexibility index (Phi) is 6.77. The molecule has 0 aliphatic carbocycles. The molecule has 0 saturated carbocycles. The number of amides is 1. The van der Waals surface area contributed by atoms with Gasteiger partial charge in [0.2, 0.25) is 15.9 Å². The third kappa shape index (κ3) is 7.14. The lowest BCUT2D eigenvalue weighted by molar-refractivity contribution is -0.117. The Labute approximate surface area is 139 Å². The summed E-state index contributed by atoms with van der Waals surface area (Å²) in [6, 6.07) is 6.32. The van der Waals surface area contributed by atoms with Gasteiger partial charge in [0.1, 0.15) is 0 Å². The SMILES string of the molecule is CCCC(C)CC(=O)Nc1cccc(S(=O)(=O)NC(C)(C)C)c1. The van der Waals surface area contributed by atoms with Gasteiger partial charge >= 0.3 is 0 Å². The Morgan fingerprint density at radius 2 is 1.91 bits per heavy atom. The van der Waals surface area contributed by atoms with E-state index >= 15 is 0 Å². The molecule has 1 rings (SSSR count). The van der Waals surface area contributed by atoms with Crippen molar-refractivity contribution in [3.63, 3.8) is 0 Å². The molecular weight excluding hydrogens is 312 g/mol. The minimum absolute atomic E-state index is 0.0933. The van der Waals surface area contributed by atoms with Crippen LogP contribution in [0.4, 0.5) is 5.69 Å². The molecule has 0 aromatic heterocycles. The van der Waals surface area contributed by atoms with Crippen LogP contribution in [0, 0.1) is 5.92 Å². The summed E-state index contributed by atoms with van der Waals surface area (Å²) in [5, 5.41) is 2.78. The third-order valence-electron chi connectivity index (χ3n) is 3.18. The van der Waals surface area contributed by atoms with Crippen molar-refractivity contribution in [3.8, 4) is 0 Å². The van der Waals surface area contributed by atoms with Crippen LogP contribution in [0.15, 0.2) is 29.2 Å². The molecule has 0 radical (unpaired) electrons. The first-order valence-corrected chi connectivity index (χ1v) is 9.45. The fourth-order valence-corrected chi connectivity index (χ4v) is 3.79. The van der Waals surface area contributed by atoms with Crippen molar-refractivity contribution in [2.45, 2.75) is 64.3 Å². The molecule has 6 heteroatoms. The van der Waals surface area contributed by atoms with Gasteiger partial charge in [-0.25, -0.2) is 13.1 Å². The number of nitrogens with one attached hydrogen (secondary N) is 2. The van der Waals surface area contributed by atoms with Crippen LogP contribution in [0.3, 0.4) is 0 Å². The van der Waals surface area contributed by atoms with Crippen molar-refractivity contribution >= 4 is 21.6 Å². The van der Waals surface area contributed by atoms with E-state index < -0.39 is 15.6 Å². The molecular formula is C17H28N2O3S. The predicted octanol–water partition coefficient (Wildman–Crippen LogP) is 3.53. The summed E-state index contributed by atoms with van der Waals surface area (Å²) in [6.45, 7) is 9.48. The van der Waals surface area contributed by atoms with E-state index in [0.29, 0.717) is 18.0 Å². The van der Waals surface area contributed by atoms with Gasteiger partial charge in [0.05, 0.1) is 4.90 Å². The zero-order valence-electron chi connectivity index (χ0n) is 14.6. The Bertz CT molecular complexity index is 633. The molecule has 0 spiro atoms. The number of hydrogen-bond acceptors (Lipinski definition) is 3. The van der Waals surface area contributed by atoms with Gasteiger partial charge in [-0.1, -0.05) is 32.8 Å². The fourth-order valence-electron chi connectivity index (χ4n) is 2.33. The third-order valence-corrected chi connectivity index (χ3v) is 4.94. The van der Waals surface area contributed by atoms with Crippen molar-refractivity contribution in [1.29, 1.82) is 0 Å². The molecule has 1 aromatic rings. The standard InChI is InChI=1S/C17H28N2O3S/c1-6-8-13(2)11-16(20)18-14-9-7-10-15(12-14)23(21,22)19-17(3,4)5/h7,9-10,12-13,19H,6,8,11H2,1-5H3,(H,18,20). The van der Waals surface area contributed by atoms with E-state index in [0.717, 1.165) is 12.8 Å². The van der Waals surface area contributed by atoms with Crippen molar-refractivity contribution in [1.82, 2.24) is 4.72 Å². The van der Waals surface area contributed by atoms with E-state index in [9.17, 15) is 13.2 Å². The summed E-state index contributed by atoms with van der Waals surface area (Å²) >= 11 is 0. The van der Waals surface area contributed by atoms with Crippen molar-refractivity contribution < 1.29 is 13.2 Å². The molecule has 0 bridgehead atoms. The Balaban J connectivity index is 2.83. The Morgan fingerprint density at radius 1 is 1.26 bits per heavy atom. The monoisotopic (exact) mass is 340 g/mol. The number of hydrogen-bond donors (Lipinski definition) is 2. The van der Waals surface area contributed by atoms with Gasteiger partial charge in [0.15, 0.2) is 0 Å². The molecule has 1 amide bonds. The van der Waals surface area contributed by atoms with Crippen LogP contribution in [0.1, 0.15) is 53.9 Å². The molecule has 0 saturated heterocycles. The smallest absolute Gasteiger partial charge is 0.241 e. The largest absolute Gasteiger partial charge is 0.326 e. The minimum atomic E-state index is -3.61. The summed E-state index contributed by atoms with van der Waals surface area (Å²) in [7, 11) is -3.61. The van der Waals surface area contributed by atoms with Gasteiger partial charge in [0.25, 0.3) is 0 Å².